The highest BCUT2D eigenvalue weighted by Gasteiger charge is 2.58. The number of fused-ring (bicyclic) bond motifs is 6. The SMILES string of the molecule is COc1ccc(N2C(=O)[C@@H]3c4cc(C)[nH]c4C4CCCC4[C@@H]3C2=O)cc1. The zero-order chi connectivity index (χ0) is 18.0. The summed E-state index contributed by atoms with van der Waals surface area (Å²) in [5.41, 5.74) is 3.96. The Morgan fingerprint density at radius 3 is 2.62 bits per heavy atom. The van der Waals surface area contributed by atoms with Crippen LogP contribution in [0.3, 0.4) is 0 Å². The van der Waals surface area contributed by atoms with Crippen LogP contribution in [0.5, 0.6) is 5.75 Å². The number of nitrogens with zero attached hydrogens (tertiary/aromatic N) is 1. The largest absolute Gasteiger partial charge is 0.497 e. The Kier molecular flexibility index (Phi) is 3.30. The minimum atomic E-state index is -0.344. The Hall–Kier alpha value is -2.56. The van der Waals surface area contributed by atoms with Gasteiger partial charge in [-0.2, -0.15) is 0 Å². The summed E-state index contributed by atoms with van der Waals surface area (Å²) < 4.78 is 5.19. The van der Waals surface area contributed by atoms with Crippen molar-refractivity contribution in [3.8, 4) is 5.75 Å². The van der Waals surface area contributed by atoms with E-state index in [9.17, 15) is 9.59 Å². The summed E-state index contributed by atoms with van der Waals surface area (Å²) in [5, 5.41) is 0. The van der Waals surface area contributed by atoms with Gasteiger partial charge < -0.3 is 9.72 Å². The number of hydrogen-bond acceptors (Lipinski definition) is 3. The molecule has 4 atom stereocenters. The number of imide groups is 1. The normalized spacial score (nSPS) is 29.5. The third-order valence-electron chi connectivity index (χ3n) is 6.43. The summed E-state index contributed by atoms with van der Waals surface area (Å²) in [7, 11) is 1.60. The number of methoxy groups -OCH3 is 1. The van der Waals surface area contributed by atoms with Gasteiger partial charge in [0.2, 0.25) is 11.8 Å². The van der Waals surface area contributed by atoms with Crippen LogP contribution in [0.4, 0.5) is 5.69 Å². The minimum Gasteiger partial charge on any atom is -0.497 e. The number of anilines is 1. The lowest BCUT2D eigenvalue weighted by Crippen LogP contribution is -2.33. The van der Waals surface area contributed by atoms with Crippen LogP contribution in [-0.4, -0.2) is 23.9 Å². The van der Waals surface area contributed by atoms with Crippen molar-refractivity contribution in [2.75, 3.05) is 12.0 Å². The smallest absolute Gasteiger partial charge is 0.242 e. The van der Waals surface area contributed by atoms with Crippen molar-refractivity contribution < 1.29 is 14.3 Å². The van der Waals surface area contributed by atoms with Crippen LogP contribution >= 0.6 is 0 Å². The van der Waals surface area contributed by atoms with Crippen molar-refractivity contribution in [1.29, 1.82) is 0 Å². The number of carbonyl (C=O) groups excluding carboxylic acids is 2. The zero-order valence-electron chi connectivity index (χ0n) is 15.0. The van der Waals surface area contributed by atoms with Gasteiger partial charge in [0.15, 0.2) is 0 Å². The molecule has 3 aliphatic rings. The molecule has 1 N–H and O–H groups in total. The van der Waals surface area contributed by atoms with E-state index < -0.39 is 0 Å². The third-order valence-corrected chi connectivity index (χ3v) is 6.43. The van der Waals surface area contributed by atoms with Gasteiger partial charge in [-0.15, -0.1) is 0 Å². The third kappa shape index (κ3) is 1.97. The van der Waals surface area contributed by atoms with Crippen molar-refractivity contribution in [1.82, 2.24) is 4.98 Å². The molecule has 5 heteroatoms. The molecule has 0 bridgehead atoms. The first kappa shape index (κ1) is 15.7. The fourth-order valence-corrected chi connectivity index (χ4v) is 5.41. The van der Waals surface area contributed by atoms with Crippen LogP contribution in [0.15, 0.2) is 30.3 Å². The van der Waals surface area contributed by atoms with Gasteiger partial charge in [0, 0.05) is 17.3 Å². The average molecular weight is 350 g/mol. The molecule has 5 nitrogen and oxygen atoms in total. The van der Waals surface area contributed by atoms with Crippen LogP contribution in [0, 0.1) is 18.8 Å². The van der Waals surface area contributed by atoms with Gasteiger partial charge in [-0.1, -0.05) is 6.42 Å². The second-order valence-electron chi connectivity index (χ2n) is 7.74. The second kappa shape index (κ2) is 5.47. The zero-order valence-corrected chi connectivity index (χ0v) is 15.0. The Labute approximate surface area is 152 Å². The number of H-pyrrole nitrogens is 1. The van der Waals surface area contributed by atoms with E-state index in [2.05, 4.69) is 11.1 Å². The number of amides is 2. The number of aromatic amines is 1. The topological polar surface area (TPSA) is 62.4 Å². The summed E-state index contributed by atoms with van der Waals surface area (Å²) in [6, 6.07) is 9.25. The van der Waals surface area contributed by atoms with Crippen LogP contribution in [0.25, 0.3) is 0 Å². The number of rotatable bonds is 2. The molecule has 1 aromatic heterocycles. The maximum absolute atomic E-state index is 13.3. The molecule has 26 heavy (non-hydrogen) atoms. The standard InChI is InChI=1S/C21H22N2O3/c1-11-10-16-18-17(14-4-3-5-15(14)19(16)22-11)20(24)23(21(18)25)12-6-8-13(26-2)9-7-12/h6-10,14-15,17-18,22H,3-5H2,1-2H3/t14?,15?,17-,18+/m0/s1. The summed E-state index contributed by atoms with van der Waals surface area (Å²) in [4.78, 5) is 31.5. The van der Waals surface area contributed by atoms with Crippen molar-refractivity contribution in [2.24, 2.45) is 11.8 Å². The second-order valence-corrected chi connectivity index (χ2v) is 7.74. The van der Waals surface area contributed by atoms with E-state index in [0.29, 0.717) is 17.4 Å². The van der Waals surface area contributed by atoms with Gasteiger partial charge in [0.25, 0.3) is 0 Å². The maximum atomic E-state index is 13.3. The number of carbonyl (C=O) groups is 2. The Morgan fingerprint density at radius 2 is 1.88 bits per heavy atom. The predicted molar refractivity (Wildman–Crippen MR) is 97.3 cm³/mol. The van der Waals surface area contributed by atoms with Gasteiger partial charge >= 0.3 is 0 Å². The first-order valence-electron chi connectivity index (χ1n) is 9.31. The fraction of sp³-hybridized carbons (Fsp3) is 0.429. The Bertz CT molecular complexity index is 898. The monoisotopic (exact) mass is 350 g/mol. The lowest BCUT2D eigenvalue weighted by molar-refractivity contribution is -0.123. The molecule has 1 saturated carbocycles. The number of aromatic nitrogens is 1. The summed E-state index contributed by atoms with van der Waals surface area (Å²) in [6.45, 7) is 2.03. The molecule has 2 unspecified atom stereocenters. The van der Waals surface area contributed by atoms with Gasteiger partial charge in [-0.25, -0.2) is 4.90 Å². The highest BCUT2D eigenvalue weighted by molar-refractivity contribution is 6.24. The van der Waals surface area contributed by atoms with E-state index in [4.69, 9.17) is 4.74 Å². The lowest BCUT2D eigenvalue weighted by atomic mass is 9.68. The van der Waals surface area contributed by atoms with E-state index >= 15 is 0 Å². The van der Waals surface area contributed by atoms with E-state index in [1.165, 1.54) is 10.6 Å². The van der Waals surface area contributed by atoms with Crippen LogP contribution < -0.4 is 9.64 Å². The highest BCUT2D eigenvalue weighted by Crippen LogP contribution is 2.57. The van der Waals surface area contributed by atoms with Gasteiger partial charge in [0.05, 0.1) is 24.6 Å². The number of benzene rings is 1. The molecule has 2 aliphatic carbocycles. The molecule has 0 spiro atoms. The summed E-state index contributed by atoms with van der Waals surface area (Å²) >= 11 is 0. The molecule has 2 heterocycles. The predicted octanol–water partition coefficient (Wildman–Crippen LogP) is 3.50. The Balaban J connectivity index is 1.61. The summed E-state index contributed by atoms with van der Waals surface area (Å²) in [6.07, 6.45) is 3.25. The molecule has 5 rings (SSSR count). The molecular weight excluding hydrogens is 328 g/mol. The molecule has 1 saturated heterocycles. The number of nitrogens with one attached hydrogen (secondary N) is 1. The van der Waals surface area contributed by atoms with Crippen LogP contribution in [0.2, 0.25) is 0 Å². The molecule has 2 amide bonds. The maximum Gasteiger partial charge on any atom is 0.242 e. The van der Waals surface area contributed by atoms with Crippen molar-refractivity contribution in [3.05, 3.63) is 47.3 Å². The molecule has 1 aliphatic heterocycles. The number of aryl methyl sites for hydroxylation is 1. The quantitative estimate of drug-likeness (QED) is 0.843. The van der Waals surface area contributed by atoms with E-state index in [-0.39, 0.29) is 29.6 Å². The molecule has 2 fully saturated rings. The van der Waals surface area contributed by atoms with Gasteiger partial charge in [-0.05, 0) is 61.6 Å². The minimum absolute atomic E-state index is 0.0356. The Morgan fingerprint density at radius 1 is 1.12 bits per heavy atom. The molecule has 2 aromatic rings. The lowest BCUT2D eigenvalue weighted by Gasteiger charge is -2.33. The van der Waals surface area contributed by atoms with E-state index in [1.807, 2.05) is 6.92 Å². The number of ether oxygens (including phenoxy) is 1. The first-order valence-corrected chi connectivity index (χ1v) is 9.31. The van der Waals surface area contributed by atoms with Gasteiger partial charge in [-0.3, -0.25) is 9.59 Å². The molecule has 0 radical (unpaired) electrons. The first-order chi connectivity index (χ1) is 12.6. The van der Waals surface area contributed by atoms with Crippen molar-refractivity contribution >= 4 is 17.5 Å². The summed E-state index contributed by atoms with van der Waals surface area (Å²) in [5.74, 6) is 0.675. The average Bonchev–Trinajstić information content (AvgIpc) is 3.31. The van der Waals surface area contributed by atoms with E-state index in [1.54, 1.807) is 31.4 Å². The fourth-order valence-electron chi connectivity index (χ4n) is 5.41. The van der Waals surface area contributed by atoms with Crippen molar-refractivity contribution in [3.63, 3.8) is 0 Å². The van der Waals surface area contributed by atoms with Crippen molar-refractivity contribution in [2.45, 2.75) is 38.0 Å². The van der Waals surface area contributed by atoms with E-state index in [0.717, 1.165) is 30.5 Å². The molecule has 134 valence electrons. The molecular formula is C21H22N2O3. The van der Waals surface area contributed by atoms with Crippen LogP contribution in [-0.2, 0) is 9.59 Å². The highest BCUT2D eigenvalue weighted by atomic mass is 16.5. The number of hydrogen-bond donors (Lipinski definition) is 1. The molecule has 1 aromatic carbocycles. The van der Waals surface area contributed by atoms with Crippen LogP contribution in [0.1, 0.15) is 48.0 Å². The van der Waals surface area contributed by atoms with Gasteiger partial charge in [0.1, 0.15) is 5.75 Å².